The molecule has 29 heavy (non-hydrogen) atoms. The Morgan fingerprint density at radius 3 is 2.59 bits per heavy atom. The molecule has 1 amide bonds. The number of nitrogens with one attached hydrogen (secondary N) is 1. The molecule has 4 rings (SSSR count). The monoisotopic (exact) mass is 450 g/mol. The van der Waals surface area contributed by atoms with Crippen molar-refractivity contribution in [2.45, 2.75) is 6.61 Å². The zero-order chi connectivity index (χ0) is 20.1. The Hall–Kier alpha value is -3.52. The van der Waals surface area contributed by atoms with E-state index in [1.54, 1.807) is 36.5 Å². The molecule has 0 unspecified atom stereocenters. The van der Waals surface area contributed by atoms with Gasteiger partial charge >= 0.3 is 0 Å². The molecule has 0 saturated carbocycles. The number of carbonyl (C=O) groups excluding carboxylic acids is 1. The lowest BCUT2D eigenvalue weighted by molar-refractivity contribution is 0.102. The van der Waals surface area contributed by atoms with Crippen molar-refractivity contribution in [3.05, 3.63) is 89.0 Å². The molecule has 0 aliphatic heterocycles. The number of anilines is 1. The Labute approximate surface area is 174 Å². The van der Waals surface area contributed by atoms with Crippen LogP contribution in [0.4, 0.5) is 5.69 Å². The molecule has 144 valence electrons. The number of nitrogens with zero attached hydrogens (tertiary/aromatic N) is 3. The van der Waals surface area contributed by atoms with Crippen LogP contribution in [0.3, 0.4) is 0 Å². The van der Waals surface area contributed by atoms with Crippen molar-refractivity contribution in [1.29, 1.82) is 0 Å². The minimum absolute atomic E-state index is 0.148. The lowest BCUT2D eigenvalue weighted by Gasteiger charge is -2.07. The van der Waals surface area contributed by atoms with Crippen LogP contribution >= 0.6 is 15.9 Å². The highest BCUT2D eigenvalue weighted by Gasteiger charge is 2.10. The number of pyridine rings is 1. The molecule has 7 nitrogen and oxygen atoms in total. The van der Waals surface area contributed by atoms with Crippen LogP contribution in [0.5, 0.6) is 5.75 Å². The summed E-state index contributed by atoms with van der Waals surface area (Å²) in [4.78, 5) is 16.2. The first-order valence-electron chi connectivity index (χ1n) is 8.70. The van der Waals surface area contributed by atoms with Gasteiger partial charge in [-0.3, -0.25) is 9.78 Å². The van der Waals surface area contributed by atoms with E-state index in [4.69, 9.17) is 9.15 Å². The van der Waals surface area contributed by atoms with Crippen LogP contribution in [0.1, 0.15) is 16.2 Å². The summed E-state index contributed by atoms with van der Waals surface area (Å²) in [6.45, 7) is 0.148. The van der Waals surface area contributed by atoms with Crippen LogP contribution in [0, 0.1) is 0 Å². The molecule has 2 aromatic heterocycles. The van der Waals surface area contributed by atoms with Gasteiger partial charge in [0.25, 0.3) is 11.8 Å². The molecule has 0 aliphatic carbocycles. The van der Waals surface area contributed by atoms with E-state index in [-0.39, 0.29) is 12.5 Å². The van der Waals surface area contributed by atoms with Gasteiger partial charge in [0.1, 0.15) is 5.75 Å². The van der Waals surface area contributed by atoms with Crippen molar-refractivity contribution in [2.24, 2.45) is 0 Å². The van der Waals surface area contributed by atoms with E-state index in [0.717, 1.165) is 10.0 Å². The molecule has 2 aromatic carbocycles. The maximum atomic E-state index is 12.3. The largest absolute Gasteiger partial charge is 0.484 e. The average Bonchev–Trinajstić information content (AvgIpc) is 3.23. The minimum atomic E-state index is -0.244. The Morgan fingerprint density at radius 1 is 1.03 bits per heavy atom. The quantitative estimate of drug-likeness (QED) is 0.456. The standard InChI is InChI=1S/C21H15BrN4O3/c22-16-10-15(11-23-12-16)20(27)24-17-6-8-18(9-7-17)28-13-19-25-26-21(29-19)14-4-2-1-3-5-14/h1-12H,13H2,(H,24,27). The summed E-state index contributed by atoms with van der Waals surface area (Å²) >= 11 is 3.30. The zero-order valence-corrected chi connectivity index (χ0v) is 16.7. The van der Waals surface area contributed by atoms with Gasteiger partial charge in [-0.05, 0) is 58.4 Å². The summed E-state index contributed by atoms with van der Waals surface area (Å²) in [5.74, 6) is 1.20. The van der Waals surface area contributed by atoms with Crippen LogP contribution in [0.15, 0.2) is 81.9 Å². The highest BCUT2D eigenvalue weighted by molar-refractivity contribution is 9.10. The predicted molar refractivity (Wildman–Crippen MR) is 110 cm³/mol. The fraction of sp³-hybridized carbons (Fsp3) is 0.0476. The van der Waals surface area contributed by atoms with Gasteiger partial charge in [-0.25, -0.2) is 0 Å². The molecule has 0 aliphatic rings. The van der Waals surface area contributed by atoms with E-state index in [2.05, 4.69) is 36.4 Å². The van der Waals surface area contributed by atoms with Gasteiger partial charge in [-0.1, -0.05) is 18.2 Å². The molecule has 0 atom stereocenters. The van der Waals surface area contributed by atoms with E-state index >= 15 is 0 Å². The topological polar surface area (TPSA) is 90.1 Å². The number of aromatic nitrogens is 3. The number of carbonyl (C=O) groups is 1. The van der Waals surface area contributed by atoms with Gasteiger partial charge in [0.2, 0.25) is 5.89 Å². The Kier molecular flexibility index (Phi) is 5.62. The van der Waals surface area contributed by atoms with Gasteiger partial charge in [-0.2, -0.15) is 0 Å². The second kappa shape index (κ2) is 8.66. The highest BCUT2D eigenvalue weighted by atomic mass is 79.9. The Bertz CT molecular complexity index is 1110. The first-order valence-corrected chi connectivity index (χ1v) is 9.49. The fourth-order valence-corrected chi connectivity index (χ4v) is 2.89. The lowest BCUT2D eigenvalue weighted by Crippen LogP contribution is -2.12. The summed E-state index contributed by atoms with van der Waals surface area (Å²) in [7, 11) is 0. The molecular formula is C21H15BrN4O3. The van der Waals surface area contributed by atoms with Crippen molar-refractivity contribution < 1.29 is 13.9 Å². The number of halogens is 1. The van der Waals surface area contributed by atoms with E-state index in [1.807, 2.05) is 30.3 Å². The van der Waals surface area contributed by atoms with Crippen LogP contribution < -0.4 is 10.1 Å². The molecule has 0 fully saturated rings. The summed E-state index contributed by atoms with van der Waals surface area (Å²) in [6.07, 6.45) is 3.13. The van der Waals surface area contributed by atoms with Gasteiger partial charge < -0.3 is 14.5 Å². The molecule has 0 bridgehead atoms. The summed E-state index contributed by atoms with van der Waals surface area (Å²) in [6, 6.07) is 18.2. The molecular weight excluding hydrogens is 436 g/mol. The second-order valence-corrected chi connectivity index (χ2v) is 6.94. The van der Waals surface area contributed by atoms with Crippen molar-refractivity contribution in [2.75, 3.05) is 5.32 Å². The normalized spacial score (nSPS) is 10.5. The number of benzene rings is 2. The number of hydrogen-bond acceptors (Lipinski definition) is 6. The molecule has 4 aromatic rings. The molecule has 0 radical (unpaired) electrons. The van der Waals surface area contributed by atoms with Gasteiger partial charge in [0.15, 0.2) is 6.61 Å². The average molecular weight is 451 g/mol. The molecule has 2 heterocycles. The highest BCUT2D eigenvalue weighted by Crippen LogP contribution is 2.20. The third kappa shape index (κ3) is 4.85. The lowest BCUT2D eigenvalue weighted by atomic mass is 10.2. The van der Waals surface area contributed by atoms with Gasteiger partial charge in [-0.15, -0.1) is 10.2 Å². The Balaban J connectivity index is 1.34. The van der Waals surface area contributed by atoms with Crippen molar-refractivity contribution in [3.63, 3.8) is 0 Å². The van der Waals surface area contributed by atoms with Crippen molar-refractivity contribution >= 4 is 27.5 Å². The summed E-state index contributed by atoms with van der Waals surface area (Å²) in [5, 5.41) is 10.8. The Morgan fingerprint density at radius 2 is 1.83 bits per heavy atom. The minimum Gasteiger partial charge on any atom is -0.484 e. The SMILES string of the molecule is O=C(Nc1ccc(OCc2nnc(-c3ccccc3)o2)cc1)c1cncc(Br)c1. The van der Waals surface area contributed by atoms with Crippen LogP contribution in [-0.4, -0.2) is 21.1 Å². The van der Waals surface area contributed by atoms with E-state index in [0.29, 0.717) is 28.8 Å². The predicted octanol–water partition coefficient (Wildman–Crippen LogP) is 4.73. The third-order valence-electron chi connectivity index (χ3n) is 3.93. The van der Waals surface area contributed by atoms with Crippen LogP contribution in [0.2, 0.25) is 0 Å². The molecule has 0 saturated heterocycles. The first kappa shape index (κ1) is 18.8. The summed E-state index contributed by atoms with van der Waals surface area (Å²) < 4.78 is 12.0. The third-order valence-corrected chi connectivity index (χ3v) is 4.36. The smallest absolute Gasteiger partial charge is 0.257 e. The van der Waals surface area contributed by atoms with Crippen molar-refractivity contribution in [3.8, 4) is 17.2 Å². The van der Waals surface area contributed by atoms with E-state index in [1.165, 1.54) is 6.20 Å². The van der Waals surface area contributed by atoms with E-state index < -0.39 is 0 Å². The molecule has 8 heteroatoms. The fourth-order valence-electron chi connectivity index (χ4n) is 2.53. The number of ether oxygens (including phenoxy) is 1. The van der Waals surface area contributed by atoms with Crippen LogP contribution in [0.25, 0.3) is 11.5 Å². The van der Waals surface area contributed by atoms with Crippen molar-refractivity contribution in [1.82, 2.24) is 15.2 Å². The van der Waals surface area contributed by atoms with Gasteiger partial charge in [0, 0.05) is 28.1 Å². The van der Waals surface area contributed by atoms with E-state index in [9.17, 15) is 4.79 Å². The molecule has 1 N–H and O–H groups in total. The molecule has 0 spiro atoms. The number of rotatable bonds is 6. The second-order valence-electron chi connectivity index (χ2n) is 6.03. The number of hydrogen-bond donors (Lipinski definition) is 1. The van der Waals surface area contributed by atoms with Gasteiger partial charge in [0.05, 0.1) is 5.56 Å². The van der Waals surface area contributed by atoms with Crippen LogP contribution in [-0.2, 0) is 6.61 Å². The maximum Gasteiger partial charge on any atom is 0.257 e. The zero-order valence-electron chi connectivity index (χ0n) is 15.1. The summed E-state index contributed by atoms with van der Waals surface area (Å²) in [5.41, 5.74) is 1.96. The number of amides is 1. The first-order chi connectivity index (χ1) is 14.2. The maximum absolute atomic E-state index is 12.3.